The Morgan fingerprint density at radius 2 is 2.23 bits per heavy atom. The molecule has 0 aromatic rings. The maximum atomic E-state index is 11.3. The van der Waals surface area contributed by atoms with Gasteiger partial charge in [-0.1, -0.05) is 13.8 Å². The van der Waals surface area contributed by atoms with Crippen molar-refractivity contribution in [3.05, 3.63) is 11.6 Å². The van der Waals surface area contributed by atoms with Crippen molar-refractivity contribution in [2.75, 3.05) is 6.61 Å². The van der Waals surface area contributed by atoms with Gasteiger partial charge in [-0.3, -0.25) is 4.79 Å². The number of aliphatic hydroxyl groups excluding tert-OH is 2. The van der Waals surface area contributed by atoms with Crippen molar-refractivity contribution in [2.24, 2.45) is 11.8 Å². The first-order chi connectivity index (χ1) is 6.06. The van der Waals surface area contributed by atoms with Crippen molar-refractivity contribution in [2.45, 2.75) is 26.4 Å². The lowest BCUT2D eigenvalue weighted by Gasteiger charge is -2.28. The molecule has 0 aliphatic heterocycles. The number of ketones is 1. The molecule has 1 aliphatic carbocycles. The van der Waals surface area contributed by atoms with Crippen LogP contribution in [-0.4, -0.2) is 28.7 Å². The van der Waals surface area contributed by atoms with E-state index in [2.05, 4.69) is 0 Å². The van der Waals surface area contributed by atoms with Gasteiger partial charge in [0.25, 0.3) is 0 Å². The van der Waals surface area contributed by atoms with E-state index in [-0.39, 0.29) is 24.2 Å². The van der Waals surface area contributed by atoms with Crippen LogP contribution >= 0.6 is 0 Å². The van der Waals surface area contributed by atoms with Gasteiger partial charge in [-0.15, -0.1) is 0 Å². The molecule has 0 spiro atoms. The van der Waals surface area contributed by atoms with E-state index in [1.807, 2.05) is 13.8 Å². The molecule has 1 rings (SSSR count). The summed E-state index contributed by atoms with van der Waals surface area (Å²) in [6.45, 7) is 3.71. The zero-order chi connectivity index (χ0) is 10.0. The molecule has 3 nitrogen and oxygen atoms in total. The van der Waals surface area contributed by atoms with Crippen LogP contribution in [0, 0.1) is 11.8 Å². The van der Waals surface area contributed by atoms with Crippen LogP contribution < -0.4 is 0 Å². The number of aliphatic hydroxyl groups is 2. The van der Waals surface area contributed by atoms with Gasteiger partial charge in [0.1, 0.15) is 0 Å². The van der Waals surface area contributed by atoms with Crippen LogP contribution in [-0.2, 0) is 4.79 Å². The van der Waals surface area contributed by atoms with Crippen molar-refractivity contribution >= 4 is 5.78 Å². The number of rotatable bonds is 2. The summed E-state index contributed by atoms with van der Waals surface area (Å²) in [7, 11) is 0. The summed E-state index contributed by atoms with van der Waals surface area (Å²) in [5, 5.41) is 18.4. The Balaban J connectivity index is 2.80. The number of hydrogen-bond acceptors (Lipinski definition) is 3. The highest BCUT2D eigenvalue weighted by molar-refractivity contribution is 5.96. The third kappa shape index (κ3) is 2.17. The van der Waals surface area contributed by atoms with E-state index in [1.54, 1.807) is 0 Å². The Bertz CT molecular complexity index is 230. The third-order valence-corrected chi connectivity index (χ3v) is 2.62. The molecule has 0 unspecified atom stereocenters. The summed E-state index contributed by atoms with van der Waals surface area (Å²) in [4.78, 5) is 11.3. The van der Waals surface area contributed by atoms with E-state index in [0.29, 0.717) is 12.0 Å². The van der Waals surface area contributed by atoms with Gasteiger partial charge in [-0.25, -0.2) is 0 Å². The Morgan fingerprint density at radius 1 is 1.62 bits per heavy atom. The maximum Gasteiger partial charge on any atom is 0.161 e. The zero-order valence-electron chi connectivity index (χ0n) is 8.03. The van der Waals surface area contributed by atoms with E-state index in [1.165, 1.54) is 6.08 Å². The van der Waals surface area contributed by atoms with Gasteiger partial charge in [-0.05, 0) is 17.9 Å². The molecule has 74 valence electrons. The normalized spacial score (nSPS) is 29.3. The highest BCUT2D eigenvalue weighted by Crippen LogP contribution is 2.27. The average molecular weight is 184 g/mol. The first kappa shape index (κ1) is 10.4. The van der Waals surface area contributed by atoms with E-state index in [4.69, 9.17) is 5.11 Å². The lowest BCUT2D eigenvalue weighted by Crippen LogP contribution is -2.32. The van der Waals surface area contributed by atoms with Crippen LogP contribution in [0.4, 0.5) is 0 Å². The Labute approximate surface area is 78.1 Å². The van der Waals surface area contributed by atoms with E-state index in [0.717, 1.165) is 0 Å². The van der Waals surface area contributed by atoms with Crippen molar-refractivity contribution in [3.63, 3.8) is 0 Å². The maximum absolute atomic E-state index is 11.3. The minimum Gasteiger partial charge on any atom is -0.392 e. The molecule has 13 heavy (non-hydrogen) atoms. The van der Waals surface area contributed by atoms with E-state index >= 15 is 0 Å². The number of carbonyl (C=O) groups is 1. The molecule has 0 amide bonds. The molecule has 0 heterocycles. The lowest BCUT2D eigenvalue weighted by atomic mass is 9.80. The van der Waals surface area contributed by atoms with Gasteiger partial charge in [0.15, 0.2) is 5.78 Å². The largest absolute Gasteiger partial charge is 0.392 e. The Morgan fingerprint density at radius 3 is 2.69 bits per heavy atom. The Hall–Kier alpha value is -0.670. The van der Waals surface area contributed by atoms with Gasteiger partial charge in [0.05, 0.1) is 12.7 Å². The number of carbonyl (C=O) groups excluding carboxylic acids is 1. The van der Waals surface area contributed by atoms with Crippen LogP contribution in [0.1, 0.15) is 20.3 Å². The molecule has 0 saturated heterocycles. The monoisotopic (exact) mass is 184 g/mol. The summed E-state index contributed by atoms with van der Waals surface area (Å²) in [5.41, 5.74) is 0.351. The highest BCUT2D eigenvalue weighted by Gasteiger charge is 2.29. The fourth-order valence-electron chi connectivity index (χ4n) is 1.66. The third-order valence-electron chi connectivity index (χ3n) is 2.62. The van der Waals surface area contributed by atoms with Gasteiger partial charge in [0.2, 0.25) is 0 Å². The summed E-state index contributed by atoms with van der Waals surface area (Å²) >= 11 is 0. The van der Waals surface area contributed by atoms with Gasteiger partial charge in [-0.2, -0.15) is 0 Å². The molecule has 0 saturated carbocycles. The molecule has 0 aromatic heterocycles. The SMILES string of the molecule is CC(C)[C@H]1CC(=O)C(CO)=C[C@@H]1O. The van der Waals surface area contributed by atoms with Crippen LogP contribution in [0.3, 0.4) is 0 Å². The number of hydrogen-bond donors (Lipinski definition) is 2. The standard InChI is InChI=1S/C10H16O3/c1-6(2)8-4-9(12)7(5-11)3-10(8)13/h3,6,8,10-11,13H,4-5H2,1-2H3/t8-,10+/m1/s1. The summed E-state index contributed by atoms with van der Waals surface area (Å²) < 4.78 is 0. The molecule has 1 aliphatic rings. The second kappa shape index (κ2) is 4.03. The molecule has 0 fully saturated rings. The second-order valence-corrected chi connectivity index (χ2v) is 3.88. The summed E-state index contributed by atoms with van der Waals surface area (Å²) in [5.74, 6) is 0.254. The van der Waals surface area contributed by atoms with Crippen molar-refractivity contribution in [1.82, 2.24) is 0 Å². The topological polar surface area (TPSA) is 57.5 Å². The molecule has 3 heteroatoms. The highest BCUT2D eigenvalue weighted by atomic mass is 16.3. The minimum atomic E-state index is -0.583. The molecular formula is C10H16O3. The van der Waals surface area contributed by atoms with Crippen LogP contribution in [0.2, 0.25) is 0 Å². The minimum absolute atomic E-state index is 0.00259. The van der Waals surface area contributed by atoms with Crippen LogP contribution in [0.25, 0.3) is 0 Å². The van der Waals surface area contributed by atoms with Gasteiger partial charge in [0, 0.05) is 12.0 Å². The quantitative estimate of drug-likeness (QED) is 0.657. The smallest absolute Gasteiger partial charge is 0.161 e. The first-order valence-electron chi connectivity index (χ1n) is 4.59. The second-order valence-electron chi connectivity index (χ2n) is 3.88. The first-order valence-corrected chi connectivity index (χ1v) is 4.59. The zero-order valence-corrected chi connectivity index (χ0v) is 8.03. The van der Waals surface area contributed by atoms with Crippen LogP contribution in [0.15, 0.2) is 11.6 Å². The molecular weight excluding hydrogens is 168 g/mol. The fraction of sp³-hybridized carbons (Fsp3) is 0.700. The van der Waals surface area contributed by atoms with Gasteiger partial charge < -0.3 is 10.2 Å². The van der Waals surface area contributed by atoms with Gasteiger partial charge >= 0.3 is 0 Å². The van der Waals surface area contributed by atoms with Crippen LogP contribution in [0.5, 0.6) is 0 Å². The molecule has 0 bridgehead atoms. The average Bonchev–Trinajstić information content (AvgIpc) is 2.07. The van der Waals surface area contributed by atoms with Crippen molar-refractivity contribution in [1.29, 1.82) is 0 Å². The summed E-state index contributed by atoms with van der Waals surface area (Å²) in [6, 6.07) is 0. The van der Waals surface area contributed by atoms with Crippen molar-refractivity contribution < 1.29 is 15.0 Å². The predicted molar refractivity (Wildman–Crippen MR) is 49.1 cm³/mol. The van der Waals surface area contributed by atoms with E-state index in [9.17, 15) is 9.90 Å². The Kier molecular flexibility index (Phi) is 3.22. The molecule has 2 atom stereocenters. The molecule has 0 aromatic carbocycles. The summed E-state index contributed by atoms with van der Waals surface area (Å²) in [6.07, 6.45) is 1.25. The number of Topliss-reactive ketones (excluding diaryl/α,β-unsaturated/α-hetero) is 1. The predicted octanol–water partition coefficient (Wildman–Crippen LogP) is 0.511. The lowest BCUT2D eigenvalue weighted by molar-refractivity contribution is -0.119. The fourth-order valence-corrected chi connectivity index (χ4v) is 1.66. The molecule has 0 radical (unpaired) electrons. The van der Waals surface area contributed by atoms with Crippen molar-refractivity contribution in [3.8, 4) is 0 Å². The molecule has 2 N–H and O–H groups in total. The van der Waals surface area contributed by atoms with E-state index < -0.39 is 6.10 Å².